The second-order valence-corrected chi connectivity index (χ2v) is 7.80. The summed E-state index contributed by atoms with van der Waals surface area (Å²) in [6.45, 7) is 3.98. The Morgan fingerprint density at radius 3 is 2.61 bits per heavy atom. The summed E-state index contributed by atoms with van der Waals surface area (Å²) in [5.41, 5.74) is 0.482. The summed E-state index contributed by atoms with van der Waals surface area (Å²) in [7, 11) is 0. The Hall–Kier alpha value is -2.89. The van der Waals surface area contributed by atoms with Gasteiger partial charge < -0.3 is 14.2 Å². The van der Waals surface area contributed by atoms with E-state index in [4.69, 9.17) is 4.42 Å². The zero-order valence-electron chi connectivity index (χ0n) is 16.0. The fourth-order valence-electron chi connectivity index (χ4n) is 4.30. The number of carbonyl (C=O) groups excluding carboxylic acids is 2. The first-order chi connectivity index (χ1) is 13.5. The number of likely N-dealkylation sites (tertiary alicyclic amines) is 2. The zero-order valence-corrected chi connectivity index (χ0v) is 16.0. The Bertz CT molecular complexity index is 953. The summed E-state index contributed by atoms with van der Waals surface area (Å²) >= 11 is 0. The van der Waals surface area contributed by atoms with Crippen molar-refractivity contribution in [3.8, 4) is 0 Å². The van der Waals surface area contributed by atoms with Gasteiger partial charge in [0.1, 0.15) is 5.76 Å². The van der Waals surface area contributed by atoms with E-state index >= 15 is 0 Å². The maximum atomic E-state index is 13.1. The monoisotopic (exact) mass is 380 g/mol. The molecule has 2 amide bonds. The smallest absolute Gasteiger partial charge is 0.289 e. The summed E-state index contributed by atoms with van der Waals surface area (Å²) < 4.78 is 5.43. The Morgan fingerprint density at radius 1 is 1.11 bits per heavy atom. The highest BCUT2D eigenvalue weighted by Crippen LogP contribution is 2.41. The Labute approximate surface area is 163 Å². The predicted molar refractivity (Wildman–Crippen MR) is 104 cm³/mol. The molecule has 2 saturated heterocycles. The van der Waals surface area contributed by atoms with E-state index in [-0.39, 0.29) is 23.0 Å². The molecule has 2 fully saturated rings. The first-order valence-corrected chi connectivity index (χ1v) is 9.71. The van der Waals surface area contributed by atoms with Crippen LogP contribution in [0, 0.1) is 12.3 Å². The van der Waals surface area contributed by atoms with Gasteiger partial charge in [0.2, 0.25) is 5.91 Å². The molecule has 1 unspecified atom stereocenters. The van der Waals surface area contributed by atoms with Gasteiger partial charge in [-0.2, -0.15) is 0 Å². The summed E-state index contributed by atoms with van der Waals surface area (Å²) in [5.74, 6) is 0.292. The minimum atomic E-state index is -0.490. The molecule has 1 spiro atoms. The third-order valence-electron chi connectivity index (χ3n) is 5.86. The van der Waals surface area contributed by atoms with Gasteiger partial charge in [0, 0.05) is 38.3 Å². The molecule has 1 aromatic carbocycles. The van der Waals surface area contributed by atoms with Crippen molar-refractivity contribution < 1.29 is 14.0 Å². The molecule has 2 aliphatic rings. The first-order valence-electron chi connectivity index (χ1n) is 9.71. The Kier molecular flexibility index (Phi) is 4.79. The van der Waals surface area contributed by atoms with Gasteiger partial charge in [-0.3, -0.25) is 14.4 Å². The van der Waals surface area contributed by atoms with E-state index in [1.807, 2.05) is 23.1 Å². The van der Waals surface area contributed by atoms with Crippen molar-refractivity contribution >= 4 is 11.8 Å². The van der Waals surface area contributed by atoms with E-state index in [1.165, 1.54) is 17.7 Å². The van der Waals surface area contributed by atoms with E-state index in [1.54, 1.807) is 11.8 Å². The van der Waals surface area contributed by atoms with Crippen LogP contribution in [0.2, 0.25) is 0 Å². The van der Waals surface area contributed by atoms with Gasteiger partial charge in [0.25, 0.3) is 5.91 Å². The van der Waals surface area contributed by atoms with E-state index < -0.39 is 5.41 Å². The van der Waals surface area contributed by atoms with Crippen molar-refractivity contribution in [2.24, 2.45) is 5.41 Å². The van der Waals surface area contributed by atoms with Crippen LogP contribution < -0.4 is 5.43 Å². The van der Waals surface area contributed by atoms with Crippen LogP contribution >= 0.6 is 0 Å². The second kappa shape index (κ2) is 7.26. The minimum Gasteiger partial charge on any atom is -0.456 e. The van der Waals surface area contributed by atoms with Crippen LogP contribution in [-0.4, -0.2) is 47.8 Å². The zero-order chi connectivity index (χ0) is 19.7. The fourth-order valence-corrected chi connectivity index (χ4v) is 4.30. The molecule has 6 nitrogen and oxygen atoms in total. The number of benzene rings is 1. The summed E-state index contributed by atoms with van der Waals surface area (Å²) in [4.78, 5) is 41.1. The van der Waals surface area contributed by atoms with Crippen LogP contribution in [0.25, 0.3) is 0 Å². The molecule has 2 aromatic rings. The Morgan fingerprint density at radius 2 is 1.86 bits per heavy atom. The van der Waals surface area contributed by atoms with Crippen LogP contribution in [-0.2, 0) is 11.2 Å². The molecule has 28 heavy (non-hydrogen) atoms. The highest BCUT2D eigenvalue weighted by atomic mass is 16.3. The van der Waals surface area contributed by atoms with Gasteiger partial charge in [-0.15, -0.1) is 0 Å². The SMILES string of the molecule is Cc1cc(=O)cc(C(=O)N2CCC3(CCN(CCc4ccccc4)C3=O)C2)o1. The molecule has 3 heterocycles. The number of rotatable bonds is 4. The molecule has 1 atom stereocenters. The molecule has 0 N–H and O–H groups in total. The van der Waals surface area contributed by atoms with Gasteiger partial charge >= 0.3 is 0 Å². The summed E-state index contributed by atoms with van der Waals surface area (Å²) in [6.07, 6.45) is 2.26. The van der Waals surface area contributed by atoms with Gasteiger partial charge in [-0.1, -0.05) is 30.3 Å². The molecule has 146 valence electrons. The number of hydrogen-bond donors (Lipinski definition) is 0. The topological polar surface area (TPSA) is 70.8 Å². The third-order valence-corrected chi connectivity index (χ3v) is 5.86. The molecule has 0 radical (unpaired) electrons. The third kappa shape index (κ3) is 3.46. The van der Waals surface area contributed by atoms with E-state index in [9.17, 15) is 14.4 Å². The lowest BCUT2D eigenvalue weighted by molar-refractivity contribution is -0.135. The van der Waals surface area contributed by atoms with Gasteiger partial charge in [-0.25, -0.2) is 0 Å². The van der Waals surface area contributed by atoms with Crippen molar-refractivity contribution in [2.75, 3.05) is 26.2 Å². The standard InChI is InChI=1S/C22H24N2O4/c1-16-13-18(25)14-19(28-16)20(26)24-12-9-22(15-24)8-11-23(21(22)27)10-7-17-5-3-2-4-6-17/h2-6,13-14H,7-12,15H2,1H3. The summed E-state index contributed by atoms with van der Waals surface area (Å²) in [5, 5.41) is 0. The second-order valence-electron chi connectivity index (χ2n) is 7.80. The maximum absolute atomic E-state index is 13.1. The number of hydrogen-bond acceptors (Lipinski definition) is 4. The Balaban J connectivity index is 1.42. The van der Waals surface area contributed by atoms with Crippen molar-refractivity contribution in [2.45, 2.75) is 26.2 Å². The predicted octanol–water partition coefficient (Wildman–Crippen LogP) is 2.26. The van der Waals surface area contributed by atoms with Crippen LogP contribution in [0.3, 0.4) is 0 Å². The van der Waals surface area contributed by atoms with Gasteiger partial charge in [0.15, 0.2) is 11.2 Å². The highest BCUT2D eigenvalue weighted by Gasteiger charge is 2.51. The van der Waals surface area contributed by atoms with E-state index in [0.29, 0.717) is 31.8 Å². The fraction of sp³-hybridized carbons (Fsp3) is 0.409. The molecular formula is C22H24N2O4. The summed E-state index contributed by atoms with van der Waals surface area (Å²) in [6, 6.07) is 12.7. The minimum absolute atomic E-state index is 0.0495. The number of amides is 2. The molecule has 6 heteroatoms. The quantitative estimate of drug-likeness (QED) is 0.816. The average Bonchev–Trinajstić information content (AvgIpc) is 3.25. The average molecular weight is 380 g/mol. The molecule has 2 aliphatic heterocycles. The van der Waals surface area contributed by atoms with Gasteiger partial charge in [0.05, 0.1) is 5.41 Å². The molecule has 0 saturated carbocycles. The molecule has 0 aliphatic carbocycles. The largest absolute Gasteiger partial charge is 0.456 e. The lowest BCUT2D eigenvalue weighted by Crippen LogP contribution is -2.39. The van der Waals surface area contributed by atoms with Crippen molar-refractivity contribution in [3.63, 3.8) is 0 Å². The number of carbonyl (C=O) groups is 2. The van der Waals surface area contributed by atoms with Crippen molar-refractivity contribution in [1.82, 2.24) is 9.80 Å². The van der Waals surface area contributed by atoms with E-state index in [2.05, 4.69) is 12.1 Å². The van der Waals surface area contributed by atoms with Crippen LogP contribution in [0.4, 0.5) is 0 Å². The van der Waals surface area contributed by atoms with Crippen LogP contribution in [0.1, 0.15) is 34.7 Å². The van der Waals surface area contributed by atoms with E-state index in [0.717, 1.165) is 19.4 Å². The lowest BCUT2D eigenvalue weighted by Gasteiger charge is -2.23. The van der Waals surface area contributed by atoms with Gasteiger partial charge in [-0.05, 0) is 31.7 Å². The highest BCUT2D eigenvalue weighted by molar-refractivity contribution is 5.93. The molecule has 1 aromatic heterocycles. The van der Waals surface area contributed by atoms with Crippen molar-refractivity contribution in [1.29, 1.82) is 0 Å². The van der Waals surface area contributed by atoms with Crippen LogP contribution in [0.15, 0.2) is 51.7 Å². The molecular weight excluding hydrogens is 356 g/mol. The maximum Gasteiger partial charge on any atom is 0.289 e. The lowest BCUT2D eigenvalue weighted by atomic mass is 9.85. The first kappa shape index (κ1) is 18.5. The number of aryl methyl sites for hydroxylation is 1. The normalized spacial score (nSPS) is 21.7. The van der Waals surface area contributed by atoms with Crippen molar-refractivity contribution in [3.05, 3.63) is 69.8 Å². The molecule has 0 bridgehead atoms. The van der Waals surface area contributed by atoms with Crippen LogP contribution in [0.5, 0.6) is 0 Å². The number of nitrogens with zero attached hydrogens (tertiary/aromatic N) is 2. The molecule has 4 rings (SSSR count).